The van der Waals surface area contributed by atoms with Gasteiger partial charge in [0.15, 0.2) is 17.2 Å². The smallest absolute Gasteiger partial charge is 0.272 e. The molecular formula is C15H16BrClN4O3. The Hall–Kier alpha value is -1.77. The lowest BCUT2D eigenvalue weighted by atomic mass is 10.1. The highest BCUT2D eigenvalue weighted by Gasteiger charge is 2.22. The summed E-state index contributed by atoms with van der Waals surface area (Å²) in [5, 5.41) is 13.3. The molecule has 24 heavy (non-hydrogen) atoms. The maximum absolute atomic E-state index is 12.4. The Morgan fingerprint density at radius 1 is 1.38 bits per heavy atom. The monoisotopic (exact) mass is 414 g/mol. The zero-order valence-corrected chi connectivity index (χ0v) is 15.1. The van der Waals surface area contributed by atoms with Crippen LogP contribution in [0.2, 0.25) is 0 Å². The van der Waals surface area contributed by atoms with Crippen LogP contribution in [0, 0.1) is 0 Å². The molecule has 0 saturated heterocycles. The summed E-state index contributed by atoms with van der Waals surface area (Å²) in [5.74, 6) is 1.21. The summed E-state index contributed by atoms with van der Waals surface area (Å²) < 4.78 is 11.6. The number of aromatic amines is 1. The fourth-order valence-corrected chi connectivity index (χ4v) is 3.41. The third-order valence-corrected chi connectivity index (χ3v) is 4.55. The highest BCUT2D eigenvalue weighted by Crippen LogP contribution is 2.39. The van der Waals surface area contributed by atoms with Crippen LogP contribution in [0.1, 0.15) is 27.3 Å². The van der Waals surface area contributed by atoms with Gasteiger partial charge in [-0.25, -0.2) is 0 Å². The number of hydrogen-bond acceptors (Lipinski definition) is 5. The number of halogens is 2. The standard InChI is InChI=1S/C15H15BrN4O3.ClH/c16-10-3-8(4-12-14(10)23-7-22-12)5-18-15(21)13-9-6-17-2-1-11(9)19-20-13;/h3-4,17H,1-2,5-7H2,(H,18,21)(H,19,20);1H. The molecule has 2 aliphatic heterocycles. The number of hydrogen-bond donors (Lipinski definition) is 3. The van der Waals surface area contributed by atoms with Crippen LogP contribution in [-0.4, -0.2) is 29.4 Å². The molecule has 0 atom stereocenters. The van der Waals surface area contributed by atoms with Crippen LogP contribution in [0.4, 0.5) is 0 Å². The van der Waals surface area contributed by atoms with Crippen LogP contribution in [0.25, 0.3) is 0 Å². The molecule has 1 aromatic carbocycles. The van der Waals surface area contributed by atoms with Crippen molar-refractivity contribution in [2.75, 3.05) is 13.3 Å². The van der Waals surface area contributed by atoms with Crippen molar-refractivity contribution >= 4 is 34.2 Å². The molecule has 9 heteroatoms. The van der Waals surface area contributed by atoms with Crippen LogP contribution in [-0.2, 0) is 19.5 Å². The molecule has 3 heterocycles. The first kappa shape index (κ1) is 17.1. The number of carbonyl (C=O) groups is 1. The molecule has 0 aliphatic carbocycles. The van der Waals surface area contributed by atoms with Crippen LogP contribution in [0.3, 0.4) is 0 Å². The van der Waals surface area contributed by atoms with Gasteiger partial charge in [-0.2, -0.15) is 5.10 Å². The van der Waals surface area contributed by atoms with E-state index in [9.17, 15) is 4.79 Å². The van der Waals surface area contributed by atoms with Crippen molar-refractivity contribution in [2.24, 2.45) is 0 Å². The molecule has 1 amide bonds. The summed E-state index contributed by atoms with van der Waals surface area (Å²) >= 11 is 3.45. The number of fused-ring (bicyclic) bond motifs is 2. The molecular weight excluding hydrogens is 400 g/mol. The molecule has 0 saturated carbocycles. The summed E-state index contributed by atoms with van der Waals surface area (Å²) in [6.07, 6.45) is 0.866. The van der Waals surface area contributed by atoms with Crippen molar-refractivity contribution in [2.45, 2.75) is 19.5 Å². The number of aromatic nitrogens is 2. The van der Waals surface area contributed by atoms with Gasteiger partial charge in [-0.1, -0.05) is 0 Å². The zero-order chi connectivity index (χ0) is 15.8. The van der Waals surface area contributed by atoms with Gasteiger partial charge >= 0.3 is 0 Å². The van der Waals surface area contributed by atoms with Gasteiger partial charge in [0.2, 0.25) is 6.79 Å². The Bertz CT molecular complexity index is 780. The first-order valence-electron chi connectivity index (χ1n) is 7.35. The number of rotatable bonds is 3. The second kappa shape index (κ2) is 7.00. The van der Waals surface area contributed by atoms with Crippen molar-refractivity contribution in [3.05, 3.63) is 39.1 Å². The number of nitrogens with zero attached hydrogens (tertiary/aromatic N) is 1. The van der Waals surface area contributed by atoms with Crippen molar-refractivity contribution < 1.29 is 14.3 Å². The summed E-state index contributed by atoms with van der Waals surface area (Å²) in [4.78, 5) is 12.4. The SMILES string of the molecule is Cl.O=C(NCc1cc(Br)c2c(c1)OCO2)c1n[nH]c2c1CNCC2. The van der Waals surface area contributed by atoms with Crippen molar-refractivity contribution in [3.63, 3.8) is 0 Å². The second-order valence-electron chi connectivity index (χ2n) is 5.45. The van der Waals surface area contributed by atoms with Gasteiger partial charge in [0.1, 0.15) is 0 Å². The summed E-state index contributed by atoms with van der Waals surface area (Å²) in [5.41, 5.74) is 3.39. The molecule has 2 aromatic rings. The highest BCUT2D eigenvalue weighted by molar-refractivity contribution is 9.10. The van der Waals surface area contributed by atoms with Gasteiger partial charge in [-0.15, -0.1) is 12.4 Å². The van der Waals surface area contributed by atoms with Gasteiger partial charge in [0, 0.05) is 37.3 Å². The minimum absolute atomic E-state index is 0. The van der Waals surface area contributed by atoms with E-state index < -0.39 is 0 Å². The molecule has 0 spiro atoms. The Labute approximate surface area is 153 Å². The molecule has 0 bridgehead atoms. The van der Waals surface area contributed by atoms with E-state index in [1.165, 1.54) is 0 Å². The van der Waals surface area contributed by atoms with Gasteiger partial charge in [-0.05, 0) is 33.6 Å². The Morgan fingerprint density at radius 3 is 3.12 bits per heavy atom. The van der Waals surface area contributed by atoms with E-state index in [1.54, 1.807) is 0 Å². The van der Waals surface area contributed by atoms with E-state index in [0.29, 0.717) is 30.3 Å². The third kappa shape index (κ3) is 3.09. The molecule has 7 nitrogen and oxygen atoms in total. The molecule has 0 radical (unpaired) electrons. The van der Waals surface area contributed by atoms with Crippen molar-refractivity contribution in [1.82, 2.24) is 20.8 Å². The molecule has 4 rings (SSSR count). The fraction of sp³-hybridized carbons (Fsp3) is 0.333. The molecule has 128 valence electrons. The quantitative estimate of drug-likeness (QED) is 0.712. The highest BCUT2D eigenvalue weighted by atomic mass is 79.9. The second-order valence-corrected chi connectivity index (χ2v) is 6.30. The first-order chi connectivity index (χ1) is 11.2. The minimum atomic E-state index is -0.181. The van der Waals surface area contributed by atoms with Crippen LogP contribution in [0.15, 0.2) is 16.6 Å². The van der Waals surface area contributed by atoms with Gasteiger partial charge in [0.25, 0.3) is 5.91 Å². The van der Waals surface area contributed by atoms with Gasteiger partial charge in [-0.3, -0.25) is 9.89 Å². The summed E-state index contributed by atoms with van der Waals surface area (Å²) in [6, 6.07) is 3.78. The topological polar surface area (TPSA) is 88.3 Å². The van der Waals surface area contributed by atoms with Crippen molar-refractivity contribution in [3.8, 4) is 11.5 Å². The first-order valence-corrected chi connectivity index (χ1v) is 8.14. The molecule has 0 unspecified atom stereocenters. The number of H-pyrrole nitrogens is 1. The third-order valence-electron chi connectivity index (χ3n) is 3.96. The van der Waals surface area contributed by atoms with E-state index in [0.717, 1.165) is 34.3 Å². The number of ether oxygens (including phenoxy) is 2. The van der Waals surface area contributed by atoms with Crippen LogP contribution in [0.5, 0.6) is 11.5 Å². The largest absolute Gasteiger partial charge is 0.454 e. The molecule has 0 fully saturated rings. The summed E-state index contributed by atoms with van der Waals surface area (Å²) in [7, 11) is 0. The average molecular weight is 416 g/mol. The maximum atomic E-state index is 12.4. The zero-order valence-electron chi connectivity index (χ0n) is 12.6. The van der Waals surface area contributed by atoms with E-state index in [-0.39, 0.29) is 25.1 Å². The average Bonchev–Trinajstić information content (AvgIpc) is 3.19. The van der Waals surface area contributed by atoms with E-state index >= 15 is 0 Å². The Morgan fingerprint density at radius 2 is 2.25 bits per heavy atom. The lowest BCUT2D eigenvalue weighted by Crippen LogP contribution is -2.28. The molecule has 3 N–H and O–H groups in total. The molecule has 1 aromatic heterocycles. The lowest BCUT2D eigenvalue weighted by Gasteiger charge is -2.13. The fourth-order valence-electron chi connectivity index (χ4n) is 2.80. The summed E-state index contributed by atoms with van der Waals surface area (Å²) in [6.45, 7) is 2.19. The predicted octanol–water partition coefficient (Wildman–Crippen LogP) is 1.90. The van der Waals surface area contributed by atoms with Crippen LogP contribution < -0.4 is 20.1 Å². The maximum Gasteiger partial charge on any atom is 0.272 e. The minimum Gasteiger partial charge on any atom is -0.454 e. The number of benzene rings is 1. The number of amides is 1. The van der Waals surface area contributed by atoms with E-state index in [1.807, 2.05) is 12.1 Å². The van der Waals surface area contributed by atoms with Gasteiger partial charge in [0.05, 0.1) is 4.47 Å². The van der Waals surface area contributed by atoms with Gasteiger partial charge < -0.3 is 20.1 Å². The Kier molecular flexibility index (Phi) is 4.98. The predicted molar refractivity (Wildman–Crippen MR) is 92.7 cm³/mol. The van der Waals surface area contributed by atoms with Crippen LogP contribution >= 0.6 is 28.3 Å². The van der Waals surface area contributed by atoms with E-state index in [4.69, 9.17) is 9.47 Å². The normalized spacial score (nSPS) is 14.7. The lowest BCUT2D eigenvalue weighted by molar-refractivity contribution is 0.0944. The molecule has 2 aliphatic rings. The number of nitrogens with one attached hydrogen (secondary N) is 3. The van der Waals surface area contributed by atoms with E-state index in [2.05, 4.69) is 36.8 Å². The number of carbonyl (C=O) groups excluding carboxylic acids is 1. The Balaban J connectivity index is 0.00000169. The van der Waals surface area contributed by atoms with Crippen molar-refractivity contribution in [1.29, 1.82) is 0 Å².